The first-order valence-electron chi connectivity index (χ1n) is 7.54. The number of benzene rings is 2. The standard InChI is InChI=1S/C17H17N5O3/c1-24-14-7-3-5-12(9-14)17-19-21-22(20-17)11-16(23)18-13-6-4-8-15(10-13)25-2/h3-10H,11H2,1-2H3,(H,18,23). The number of nitrogens with one attached hydrogen (secondary N) is 1. The van der Waals surface area contributed by atoms with Crippen molar-refractivity contribution in [2.75, 3.05) is 19.5 Å². The molecule has 25 heavy (non-hydrogen) atoms. The highest BCUT2D eigenvalue weighted by atomic mass is 16.5. The maximum Gasteiger partial charge on any atom is 0.248 e. The molecule has 0 aliphatic rings. The molecular formula is C17H17N5O3. The Morgan fingerprint density at radius 3 is 2.56 bits per heavy atom. The van der Waals surface area contributed by atoms with Crippen molar-refractivity contribution in [3.8, 4) is 22.9 Å². The molecule has 0 saturated carbocycles. The third-order valence-electron chi connectivity index (χ3n) is 3.42. The molecule has 3 rings (SSSR count). The van der Waals surface area contributed by atoms with Crippen molar-refractivity contribution in [3.05, 3.63) is 48.5 Å². The number of amides is 1. The second-order valence-electron chi connectivity index (χ2n) is 5.16. The van der Waals surface area contributed by atoms with Crippen LogP contribution in [0.3, 0.4) is 0 Å². The van der Waals surface area contributed by atoms with Gasteiger partial charge >= 0.3 is 0 Å². The minimum Gasteiger partial charge on any atom is -0.497 e. The van der Waals surface area contributed by atoms with Crippen LogP contribution in [0.5, 0.6) is 11.5 Å². The summed E-state index contributed by atoms with van der Waals surface area (Å²) in [7, 11) is 3.16. The predicted octanol–water partition coefficient (Wildman–Crippen LogP) is 2.00. The first-order chi connectivity index (χ1) is 12.2. The number of ether oxygens (including phenoxy) is 2. The van der Waals surface area contributed by atoms with E-state index in [-0.39, 0.29) is 12.5 Å². The van der Waals surface area contributed by atoms with Gasteiger partial charge in [0.25, 0.3) is 0 Å². The van der Waals surface area contributed by atoms with Gasteiger partial charge in [-0.1, -0.05) is 18.2 Å². The van der Waals surface area contributed by atoms with Crippen molar-refractivity contribution in [2.24, 2.45) is 0 Å². The molecular weight excluding hydrogens is 322 g/mol. The van der Waals surface area contributed by atoms with Crippen LogP contribution in [0.1, 0.15) is 0 Å². The Morgan fingerprint density at radius 1 is 1.08 bits per heavy atom. The summed E-state index contributed by atoms with van der Waals surface area (Å²) in [5.74, 6) is 1.53. The Labute approximate surface area is 144 Å². The van der Waals surface area contributed by atoms with Crippen LogP contribution >= 0.6 is 0 Å². The van der Waals surface area contributed by atoms with E-state index in [1.165, 1.54) is 4.80 Å². The van der Waals surface area contributed by atoms with Crippen LogP contribution in [0.25, 0.3) is 11.4 Å². The smallest absolute Gasteiger partial charge is 0.248 e. The van der Waals surface area contributed by atoms with Gasteiger partial charge in [0.1, 0.15) is 18.0 Å². The van der Waals surface area contributed by atoms with Crippen molar-refractivity contribution in [1.29, 1.82) is 0 Å². The zero-order chi connectivity index (χ0) is 17.6. The van der Waals surface area contributed by atoms with Crippen LogP contribution in [0.4, 0.5) is 5.69 Å². The molecule has 0 atom stereocenters. The van der Waals surface area contributed by atoms with E-state index in [9.17, 15) is 4.79 Å². The predicted molar refractivity (Wildman–Crippen MR) is 91.4 cm³/mol. The third kappa shape index (κ3) is 4.11. The Hall–Kier alpha value is -3.42. The fourth-order valence-electron chi connectivity index (χ4n) is 2.22. The van der Waals surface area contributed by atoms with Gasteiger partial charge in [0.05, 0.1) is 14.2 Å². The number of anilines is 1. The second-order valence-corrected chi connectivity index (χ2v) is 5.16. The van der Waals surface area contributed by atoms with E-state index in [1.807, 2.05) is 18.2 Å². The lowest BCUT2D eigenvalue weighted by atomic mass is 10.2. The van der Waals surface area contributed by atoms with Crippen LogP contribution < -0.4 is 14.8 Å². The van der Waals surface area contributed by atoms with Crippen molar-refractivity contribution in [3.63, 3.8) is 0 Å². The summed E-state index contributed by atoms with van der Waals surface area (Å²) >= 11 is 0. The van der Waals surface area contributed by atoms with Gasteiger partial charge in [-0.25, -0.2) is 0 Å². The van der Waals surface area contributed by atoms with Gasteiger partial charge in [-0.3, -0.25) is 4.79 Å². The highest BCUT2D eigenvalue weighted by Crippen LogP contribution is 2.20. The third-order valence-corrected chi connectivity index (χ3v) is 3.42. The molecule has 8 nitrogen and oxygen atoms in total. The number of tetrazole rings is 1. The Bertz CT molecular complexity index is 878. The van der Waals surface area contributed by atoms with Gasteiger partial charge in [0.2, 0.25) is 11.7 Å². The molecule has 1 heterocycles. The summed E-state index contributed by atoms with van der Waals surface area (Å²) < 4.78 is 10.3. The van der Waals surface area contributed by atoms with Gasteiger partial charge in [-0.05, 0) is 29.5 Å². The molecule has 0 spiro atoms. The van der Waals surface area contributed by atoms with Crippen molar-refractivity contribution in [1.82, 2.24) is 20.2 Å². The monoisotopic (exact) mass is 339 g/mol. The molecule has 0 bridgehead atoms. The molecule has 128 valence electrons. The van der Waals surface area contributed by atoms with Gasteiger partial charge in [0, 0.05) is 17.3 Å². The number of carbonyl (C=O) groups is 1. The summed E-state index contributed by atoms with van der Waals surface area (Å²) in [4.78, 5) is 13.4. The van der Waals surface area contributed by atoms with Crippen LogP contribution in [0.2, 0.25) is 0 Å². The maximum atomic E-state index is 12.1. The molecule has 0 saturated heterocycles. The molecule has 1 N–H and O–H groups in total. The van der Waals surface area contributed by atoms with Gasteiger partial charge in [-0.2, -0.15) is 4.80 Å². The first-order valence-corrected chi connectivity index (χ1v) is 7.54. The highest BCUT2D eigenvalue weighted by molar-refractivity contribution is 5.90. The molecule has 0 radical (unpaired) electrons. The van der Waals surface area contributed by atoms with Crippen LogP contribution in [-0.4, -0.2) is 40.3 Å². The van der Waals surface area contributed by atoms with Crippen molar-refractivity contribution >= 4 is 11.6 Å². The first kappa shape index (κ1) is 16.4. The lowest BCUT2D eigenvalue weighted by Crippen LogP contribution is -2.20. The van der Waals surface area contributed by atoms with Crippen LogP contribution in [0.15, 0.2) is 48.5 Å². The Balaban J connectivity index is 1.67. The molecule has 0 fully saturated rings. The molecule has 0 aliphatic carbocycles. The molecule has 0 aliphatic heterocycles. The van der Waals surface area contributed by atoms with Crippen LogP contribution in [0, 0.1) is 0 Å². The summed E-state index contributed by atoms with van der Waals surface area (Å²) in [5, 5.41) is 14.9. The average molecular weight is 339 g/mol. The quantitative estimate of drug-likeness (QED) is 0.738. The van der Waals surface area contributed by atoms with E-state index in [2.05, 4.69) is 20.7 Å². The number of hydrogen-bond acceptors (Lipinski definition) is 6. The summed E-state index contributed by atoms with van der Waals surface area (Å²) in [6, 6.07) is 14.4. The topological polar surface area (TPSA) is 91.2 Å². The number of nitrogens with zero attached hydrogens (tertiary/aromatic N) is 4. The molecule has 0 unspecified atom stereocenters. The van der Waals surface area contributed by atoms with E-state index in [1.54, 1.807) is 44.6 Å². The van der Waals surface area contributed by atoms with Crippen molar-refractivity contribution < 1.29 is 14.3 Å². The normalized spacial score (nSPS) is 10.3. The van der Waals surface area contributed by atoms with E-state index in [0.717, 1.165) is 5.56 Å². The Kier molecular flexibility index (Phi) is 4.89. The summed E-state index contributed by atoms with van der Waals surface area (Å²) in [5.41, 5.74) is 1.40. The fourth-order valence-corrected chi connectivity index (χ4v) is 2.22. The second kappa shape index (κ2) is 7.43. The zero-order valence-corrected chi connectivity index (χ0v) is 13.8. The molecule has 1 aromatic heterocycles. The Morgan fingerprint density at radius 2 is 1.80 bits per heavy atom. The molecule has 3 aromatic rings. The van der Waals surface area contributed by atoms with E-state index < -0.39 is 0 Å². The molecule has 8 heteroatoms. The maximum absolute atomic E-state index is 12.1. The largest absolute Gasteiger partial charge is 0.497 e. The number of rotatable bonds is 6. The minimum absolute atomic E-state index is 0.0474. The SMILES string of the molecule is COc1cccc(NC(=O)Cn2nnc(-c3cccc(OC)c3)n2)c1. The highest BCUT2D eigenvalue weighted by Gasteiger charge is 2.10. The van der Waals surface area contributed by atoms with Gasteiger partial charge in [-0.15, -0.1) is 10.2 Å². The lowest BCUT2D eigenvalue weighted by molar-refractivity contribution is -0.117. The lowest BCUT2D eigenvalue weighted by Gasteiger charge is -2.06. The number of methoxy groups -OCH3 is 2. The zero-order valence-electron chi connectivity index (χ0n) is 13.8. The van der Waals surface area contributed by atoms with E-state index in [4.69, 9.17) is 9.47 Å². The average Bonchev–Trinajstić information content (AvgIpc) is 3.10. The van der Waals surface area contributed by atoms with Crippen LogP contribution in [-0.2, 0) is 11.3 Å². The summed E-state index contributed by atoms with van der Waals surface area (Å²) in [6.07, 6.45) is 0. The number of carbonyl (C=O) groups excluding carboxylic acids is 1. The molecule has 1 amide bonds. The number of aromatic nitrogens is 4. The fraction of sp³-hybridized carbons (Fsp3) is 0.176. The van der Waals surface area contributed by atoms with Crippen molar-refractivity contribution in [2.45, 2.75) is 6.54 Å². The minimum atomic E-state index is -0.261. The summed E-state index contributed by atoms with van der Waals surface area (Å²) in [6.45, 7) is -0.0474. The number of hydrogen-bond donors (Lipinski definition) is 1. The van der Waals surface area contributed by atoms with Gasteiger partial charge < -0.3 is 14.8 Å². The van der Waals surface area contributed by atoms with E-state index >= 15 is 0 Å². The van der Waals surface area contributed by atoms with E-state index in [0.29, 0.717) is 23.0 Å². The molecule has 2 aromatic carbocycles. The van der Waals surface area contributed by atoms with Gasteiger partial charge in [0.15, 0.2) is 0 Å².